The Morgan fingerprint density at radius 1 is 0.552 bits per heavy atom. The van der Waals surface area contributed by atoms with E-state index in [0.29, 0.717) is 5.56 Å². The summed E-state index contributed by atoms with van der Waals surface area (Å²) in [7, 11) is 0. The highest BCUT2D eigenvalue weighted by Gasteiger charge is 2.27. The summed E-state index contributed by atoms with van der Waals surface area (Å²) in [5, 5.41) is 22.0. The minimum atomic E-state index is 0.680. The molecule has 0 saturated carbocycles. The Labute approximate surface area is 335 Å². The van der Waals surface area contributed by atoms with E-state index in [1.807, 2.05) is 42.5 Å². The topological polar surface area (TPSA) is 96.7 Å². The van der Waals surface area contributed by atoms with Crippen LogP contribution in [0.25, 0.3) is 76.9 Å². The Kier molecular flexibility index (Phi) is 9.47. The normalized spacial score (nSPS) is 11.0. The zero-order chi connectivity index (χ0) is 39.6. The predicted molar refractivity (Wildman–Crippen MR) is 241 cm³/mol. The number of para-hydroxylation sites is 4. The zero-order valence-electron chi connectivity index (χ0n) is 31.9. The summed E-state index contributed by atoms with van der Waals surface area (Å²) in [4.78, 5) is 0. The van der Waals surface area contributed by atoms with Crippen molar-refractivity contribution in [1.29, 1.82) is 10.7 Å². The molecule has 0 amide bonds. The fraction of sp³-hybridized carbons (Fsp3) is 0.0385. The molecule has 11 aromatic rings. The smallest absolute Gasteiger partial charge is 0.146 e. The average Bonchev–Trinajstić information content (AvgIpc) is 3.94. The van der Waals surface area contributed by atoms with Gasteiger partial charge in [-0.1, -0.05) is 133 Å². The maximum absolute atomic E-state index is 9.22. The first-order valence-electron chi connectivity index (χ1n) is 19.2. The molecular weight excluding hydrogens is 711 g/mol. The third kappa shape index (κ3) is 6.21. The lowest BCUT2D eigenvalue weighted by Gasteiger charge is -2.13. The number of hydrogen-bond donors (Lipinski definition) is 2. The number of hydrogen-bond acceptors (Lipinski definition) is 3. The van der Waals surface area contributed by atoms with Crippen LogP contribution in [-0.4, -0.2) is 15.5 Å². The van der Waals surface area contributed by atoms with Crippen LogP contribution in [0, 0.1) is 23.7 Å². The molecular formula is C52H39N5O. The second kappa shape index (κ2) is 15.3. The van der Waals surface area contributed by atoms with Gasteiger partial charge in [0.15, 0.2) is 0 Å². The van der Waals surface area contributed by atoms with Crippen molar-refractivity contribution in [2.24, 2.45) is 5.73 Å². The molecule has 0 aliphatic carbocycles. The molecule has 0 saturated heterocycles. The molecule has 0 radical (unpaired) electrons. The fourth-order valence-electron chi connectivity index (χ4n) is 8.22. The Balaban J connectivity index is 0.000000388. The second-order valence-corrected chi connectivity index (χ2v) is 14.3. The number of aromatic nitrogens is 2. The van der Waals surface area contributed by atoms with Crippen molar-refractivity contribution < 1.29 is 4.42 Å². The number of nitrogens with zero attached hydrogens (tertiary/aromatic N) is 3. The Morgan fingerprint density at radius 2 is 1.02 bits per heavy atom. The molecule has 0 aliphatic rings. The van der Waals surface area contributed by atoms with E-state index < -0.39 is 0 Å². The van der Waals surface area contributed by atoms with Gasteiger partial charge in [-0.15, -0.1) is 0 Å². The van der Waals surface area contributed by atoms with Crippen molar-refractivity contribution in [2.75, 3.05) is 0 Å². The largest absolute Gasteiger partial charge is 0.455 e. The second-order valence-electron chi connectivity index (χ2n) is 14.3. The van der Waals surface area contributed by atoms with Gasteiger partial charge < -0.3 is 19.3 Å². The molecule has 3 heterocycles. The van der Waals surface area contributed by atoms with E-state index in [1.165, 1.54) is 27.5 Å². The van der Waals surface area contributed by atoms with Crippen LogP contribution in [0.5, 0.6) is 0 Å². The summed E-state index contributed by atoms with van der Waals surface area (Å²) in [5.41, 5.74) is 17.4. The zero-order valence-corrected chi connectivity index (χ0v) is 31.9. The number of nitrogens with one attached hydrogen (secondary N) is 1. The van der Waals surface area contributed by atoms with Gasteiger partial charge in [0.2, 0.25) is 0 Å². The molecule has 0 unspecified atom stereocenters. The van der Waals surface area contributed by atoms with Crippen molar-refractivity contribution in [3.05, 3.63) is 204 Å². The Hall–Kier alpha value is -7.88. The quantitative estimate of drug-likeness (QED) is 0.138. The highest BCUT2D eigenvalue weighted by atomic mass is 16.3. The highest BCUT2D eigenvalue weighted by Crippen LogP contribution is 2.49. The van der Waals surface area contributed by atoms with Crippen molar-refractivity contribution in [3.8, 4) is 17.4 Å². The maximum atomic E-state index is 9.22. The lowest BCUT2D eigenvalue weighted by molar-refractivity contribution is 0.673. The Morgan fingerprint density at radius 3 is 1.59 bits per heavy atom. The van der Waals surface area contributed by atoms with E-state index >= 15 is 0 Å². The highest BCUT2D eigenvalue weighted by molar-refractivity contribution is 6.39. The molecule has 11 rings (SSSR count). The Bertz CT molecular complexity index is 3280. The van der Waals surface area contributed by atoms with E-state index in [2.05, 4.69) is 167 Å². The molecule has 0 spiro atoms. The van der Waals surface area contributed by atoms with Crippen LogP contribution in [0.1, 0.15) is 22.3 Å². The van der Waals surface area contributed by atoms with Gasteiger partial charge in [-0.05, 0) is 79.1 Å². The lowest BCUT2D eigenvalue weighted by atomic mass is 10.0. The predicted octanol–water partition coefficient (Wildman–Crippen LogP) is 12.8. The fourth-order valence-corrected chi connectivity index (χ4v) is 8.22. The summed E-state index contributed by atoms with van der Waals surface area (Å²) >= 11 is 0. The first-order valence-corrected chi connectivity index (χ1v) is 19.2. The van der Waals surface area contributed by atoms with E-state index in [0.717, 1.165) is 78.9 Å². The van der Waals surface area contributed by atoms with Crippen LogP contribution in [0.15, 0.2) is 186 Å². The summed E-state index contributed by atoms with van der Waals surface area (Å²) in [6.45, 7) is 2.08. The lowest BCUT2D eigenvalue weighted by Crippen LogP contribution is -1.99. The molecule has 3 N–H and O–H groups in total. The van der Waals surface area contributed by atoms with Gasteiger partial charge in [-0.2, -0.15) is 5.26 Å². The minimum absolute atomic E-state index is 0.680. The van der Waals surface area contributed by atoms with Crippen LogP contribution in [0.3, 0.4) is 0 Å². The maximum Gasteiger partial charge on any atom is 0.146 e. The molecule has 278 valence electrons. The van der Waals surface area contributed by atoms with Gasteiger partial charge in [0, 0.05) is 38.3 Å². The number of nitriles is 1. The minimum Gasteiger partial charge on any atom is -0.455 e. The van der Waals surface area contributed by atoms with Gasteiger partial charge >= 0.3 is 0 Å². The van der Waals surface area contributed by atoms with E-state index in [4.69, 9.17) is 9.83 Å². The van der Waals surface area contributed by atoms with Crippen molar-refractivity contribution in [2.45, 2.75) is 13.3 Å². The van der Waals surface area contributed by atoms with E-state index in [-0.39, 0.29) is 0 Å². The summed E-state index contributed by atoms with van der Waals surface area (Å²) in [5.74, 6) is 0. The van der Waals surface area contributed by atoms with E-state index in [1.54, 1.807) is 0 Å². The molecule has 8 aromatic carbocycles. The number of fused-ring (bicyclic) bond motifs is 12. The summed E-state index contributed by atoms with van der Waals surface area (Å²) in [6, 6.07) is 65.8. The van der Waals surface area contributed by atoms with Crippen LogP contribution in [0.4, 0.5) is 0 Å². The molecule has 3 aromatic heterocycles. The summed E-state index contributed by atoms with van der Waals surface area (Å²) in [6.07, 6.45) is 1.55. The van der Waals surface area contributed by atoms with Crippen molar-refractivity contribution in [3.63, 3.8) is 0 Å². The molecule has 6 nitrogen and oxygen atoms in total. The average molecular weight is 750 g/mol. The number of aryl methyl sites for hydroxylation is 1. The number of benzene rings is 8. The SMILES string of the molecule is Cc1ccccc1.N#Cc1ccc(Cc2ccc(-n3c4ccccc4c4c5c6ccccc6oc5c5c6ccccc6n(-c6ccccc6)c5c43)cc2)cc1.N=CN. The van der Waals surface area contributed by atoms with Crippen LogP contribution >= 0.6 is 0 Å². The number of rotatable bonds is 4. The third-order valence-corrected chi connectivity index (χ3v) is 10.7. The van der Waals surface area contributed by atoms with Gasteiger partial charge in [-0.25, -0.2) is 0 Å². The molecule has 58 heavy (non-hydrogen) atoms. The first-order chi connectivity index (χ1) is 28.6. The third-order valence-electron chi connectivity index (χ3n) is 10.7. The van der Waals surface area contributed by atoms with Crippen LogP contribution in [-0.2, 0) is 6.42 Å². The van der Waals surface area contributed by atoms with Gasteiger partial charge in [-0.3, -0.25) is 5.41 Å². The number of furan rings is 1. The van der Waals surface area contributed by atoms with Crippen molar-refractivity contribution >= 4 is 71.9 Å². The van der Waals surface area contributed by atoms with Gasteiger partial charge in [0.1, 0.15) is 11.2 Å². The standard InChI is InChI=1S/C44H27N3O.C7H8.CH4N2/c45-27-30-20-18-28(19-21-30)26-29-22-24-32(25-23-29)47-36-15-7-4-12-33(36)39-40-35-14-6-9-17-38(35)48-44(40)41-34-13-5-8-16-37(34)46(43(41)42(39)47)31-10-2-1-3-11-31;1-7-5-3-2-4-6-7;2-1-3/h1-25H,26H2;2-6H,1H3;1H,(H3,2,3). The number of nitrogens with two attached hydrogens (primary N) is 1. The summed E-state index contributed by atoms with van der Waals surface area (Å²) < 4.78 is 11.7. The molecule has 0 atom stereocenters. The van der Waals surface area contributed by atoms with E-state index in [9.17, 15) is 5.26 Å². The molecule has 0 fully saturated rings. The molecule has 0 bridgehead atoms. The first kappa shape index (κ1) is 35.8. The van der Waals surface area contributed by atoms with Gasteiger partial charge in [0.05, 0.1) is 45.4 Å². The van der Waals surface area contributed by atoms with Crippen LogP contribution < -0.4 is 5.73 Å². The molecule has 0 aliphatic heterocycles. The van der Waals surface area contributed by atoms with Crippen molar-refractivity contribution in [1.82, 2.24) is 9.13 Å². The molecule has 6 heteroatoms. The van der Waals surface area contributed by atoms with Crippen LogP contribution in [0.2, 0.25) is 0 Å². The van der Waals surface area contributed by atoms with Gasteiger partial charge in [0.25, 0.3) is 0 Å². The monoisotopic (exact) mass is 749 g/mol.